The monoisotopic (exact) mass is 382 g/mol. The van der Waals surface area contributed by atoms with Crippen LogP contribution in [0.5, 0.6) is 0 Å². The fraction of sp³-hybridized carbons (Fsp3) is 0.500. The van der Waals surface area contributed by atoms with E-state index in [0.717, 1.165) is 18.4 Å². The second kappa shape index (κ2) is 8.17. The van der Waals surface area contributed by atoms with Crippen molar-refractivity contribution in [2.45, 2.75) is 52.7 Å². The predicted molar refractivity (Wildman–Crippen MR) is 108 cm³/mol. The van der Waals surface area contributed by atoms with Crippen LogP contribution in [0.3, 0.4) is 0 Å². The van der Waals surface area contributed by atoms with Crippen molar-refractivity contribution in [2.75, 3.05) is 13.6 Å². The summed E-state index contributed by atoms with van der Waals surface area (Å²) >= 11 is 0. The Morgan fingerprint density at radius 1 is 1.18 bits per heavy atom. The third-order valence-electron chi connectivity index (χ3n) is 5.11. The van der Waals surface area contributed by atoms with Gasteiger partial charge in [0.2, 0.25) is 11.8 Å². The number of carbonyl (C=O) groups excluding carboxylic acids is 2. The standard InChI is InChI=1S/C22H30N4O2/c1-22(2,3)21(28)26-12-8-11-19(26)20(27)24(4)14-18-13-23-25(16-18)15-17-9-6-5-7-10-17/h5-7,9-10,13,16,19H,8,11-12,14-15H2,1-4H3. The average Bonchev–Trinajstić information content (AvgIpc) is 3.30. The number of hydrogen-bond acceptors (Lipinski definition) is 3. The van der Waals surface area contributed by atoms with E-state index in [1.54, 1.807) is 23.0 Å². The minimum atomic E-state index is -0.472. The molecule has 2 aromatic rings. The van der Waals surface area contributed by atoms with Gasteiger partial charge in [0.15, 0.2) is 0 Å². The van der Waals surface area contributed by atoms with E-state index in [9.17, 15) is 9.59 Å². The number of rotatable bonds is 5. The molecule has 1 aromatic heterocycles. The van der Waals surface area contributed by atoms with Crippen LogP contribution in [0.4, 0.5) is 0 Å². The second-order valence-electron chi connectivity index (χ2n) is 8.63. The third kappa shape index (κ3) is 4.61. The van der Waals surface area contributed by atoms with Gasteiger partial charge in [-0.1, -0.05) is 51.1 Å². The van der Waals surface area contributed by atoms with Gasteiger partial charge in [0, 0.05) is 37.3 Å². The number of hydrogen-bond donors (Lipinski definition) is 0. The molecule has 2 amide bonds. The zero-order valence-corrected chi connectivity index (χ0v) is 17.3. The number of likely N-dealkylation sites (tertiary alicyclic amines) is 1. The van der Waals surface area contributed by atoms with Crippen LogP contribution < -0.4 is 0 Å². The van der Waals surface area contributed by atoms with Crippen molar-refractivity contribution in [2.24, 2.45) is 5.41 Å². The molecule has 3 rings (SSSR count). The topological polar surface area (TPSA) is 58.4 Å². The molecule has 1 aromatic carbocycles. The molecule has 0 bridgehead atoms. The van der Waals surface area contributed by atoms with E-state index < -0.39 is 5.41 Å². The molecule has 6 nitrogen and oxygen atoms in total. The largest absolute Gasteiger partial charge is 0.340 e. The zero-order valence-electron chi connectivity index (χ0n) is 17.3. The van der Waals surface area contributed by atoms with Crippen molar-refractivity contribution in [1.82, 2.24) is 19.6 Å². The van der Waals surface area contributed by atoms with Gasteiger partial charge < -0.3 is 9.80 Å². The van der Waals surface area contributed by atoms with Gasteiger partial charge >= 0.3 is 0 Å². The first-order valence-electron chi connectivity index (χ1n) is 9.87. The molecule has 0 N–H and O–H groups in total. The van der Waals surface area contributed by atoms with E-state index in [1.165, 1.54) is 5.56 Å². The first kappa shape index (κ1) is 20.1. The number of amides is 2. The highest BCUT2D eigenvalue weighted by atomic mass is 16.2. The van der Waals surface area contributed by atoms with Crippen molar-refractivity contribution < 1.29 is 9.59 Å². The Balaban J connectivity index is 1.62. The van der Waals surface area contributed by atoms with Crippen LogP contribution in [0, 0.1) is 5.41 Å². The molecule has 0 aliphatic carbocycles. The molecule has 1 unspecified atom stereocenters. The molecule has 150 valence electrons. The highest BCUT2D eigenvalue weighted by Gasteiger charge is 2.39. The molecular formula is C22H30N4O2. The van der Waals surface area contributed by atoms with Gasteiger partial charge in [-0.05, 0) is 18.4 Å². The number of nitrogens with zero attached hydrogens (tertiary/aromatic N) is 4. The molecule has 1 fully saturated rings. The summed E-state index contributed by atoms with van der Waals surface area (Å²) in [6, 6.07) is 9.80. The van der Waals surface area contributed by atoms with E-state index in [0.29, 0.717) is 19.6 Å². The van der Waals surface area contributed by atoms with Crippen molar-refractivity contribution in [3.05, 3.63) is 53.9 Å². The van der Waals surface area contributed by atoms with E-state index >= 15 is 0 Å². The van der Waals surface area contributed by atoms with Crippen molar-refractivity contribution >= 4 is 11.8 Å². The Hall–Kier alpha value is -2.63. The number of carbonyl (C=O) groups is 2. The van der Waals surface area contributed by atoms with Gasteiger partial charge in [0.1, 0.15) is 6.04 Å². The van der Waals surface area contributed by atoms with E-state index in [2.05, 4.69) is 17.2 Å². The van der Waals surface area contributed by atoms with E-state index in [1.807, 2.05) is 49.8 Å². The molecule has 1 aliphatic heterocycles. The van der Waals surface area contributed by atoms with Crippen LogP contribution in [-0.4, -0.2) is 51.0 Å². The first-order chi connectivity index (χ1) is 13.3. The fourth-order valence-corrected chi connectivity index (χ4v) is 3.65. The highest BCUT2D eigenvalue weighted by molar-refractivity contribution is 5.90. The Morgan fingerprint density at radius 3 is 2.57 bits per heavy atom. The van der Waals surface area contributed by atoms with Gasteiger partial charge in [0.25, 0.3) is 0 Å². The fourth-order valence-electron chi connectivity index (χ4n) is 3.65. The van der Waals surface area contributed by atoms with Crippen LogP contribution in [0.1, 0.15) is 44.7 Å². The summed E-state index contributed by atoms with van der Waals surface area (Å²) in [5, 5.41) is 4.41. The van der Waals surface area contributed by atoms with Crippen molar-refractivity contribution in [3.8, 4) is 0 Å². The minimum absolute atomic E-state index is 0.00547. The summed E-state index contributed by atoms with van der Waals surface area (Å²) in [7, 11) is 1.80. The summed E-state index contributed by atoms with van der Waals surface area (Å²) in [5.41, 5.74) is 1.70. The molecule has 6 heteroatoms. The maximum Gasteiger partial charge on any atom is 0.245 e. The molecule has 28 heavy (non-hydrogen) atoms. The molecular weight excluding hydrogens is 352 g/mol. The summed E-state index contributed by atoms with van der Waals surface area (Å²) < 4.78 is 1.88. The number of aromatic nitrogens is 2. The van der Waals surface area contributed by atoms with Gasteiger partial charge in [-0.25, -0.2) is 0 Å². The lowest BCUT2D eigenvalue weighted by Gasteiger charge is -2.32. The van der Waals surface area contributed by atoms with Gasteiger partial charge in [-0.2, -0.15) is 5.10 Å². The molecule has 2 heterocycles. The lowest BCUT2D eigenvalue weighted by Crippen LogP contribution is -2.49. The van der Waals surface area contributed by atoms with Crippen LogP contribution in [0.25, 0.3) is 0 Å². The summed E-state index contributed by atoms with van der Waals surface area (Å²) in [4.78, 5) is 29.1. The normalized spacial score (nSPS) is 17.0. The van der Waals surface area contributed by atoms with Gasteiger partial charge in [-0.15, -0.1) is 0 Å². The van der Waals surface area contributed by atoms with Crippen molar-refractivity contribution in [1.29, 1.82) is 0 Å². The minimum Gasteiger partial charge on any atom is -0.340 e. The van der Waals surface area contributed by atoms with Gasteiger partial charge in [0.05, 0.1) is 12.7 Å². The summed E-state index contributed by atoms with van der Waals surface area (Å²) in [6.45, 7) is 7.56. The smallest absolute Gasteiger partial charge is 0.245 e. The lowest BCUT2D eigenvalue weighted by molar-refractivity contribution is -0.148. The Kier molecular flexibility index (Phi) is 5.87. The second-order valence-corrected chi connectivity index (χ2v) is 8.63. The maximum atomic E-state index is 13.0. The average molecular weight is 383 g/mol. The molecule has 0 spiro atoms. The summed E-state index contributed by atoms with van der Waals surface area (Å²) in [5.74, 6) is 0.0540. The molecule has 1 atom stereocenters. The zero-order chi connectivity index (χ0) is 20.3. The molecule has 0 saturated carbocycles. The Bertz CT molecular complexity index is 823. The highest BCUT2D eigenvalue weighted by Crippen LogP contribution is 2.26. The molecule has 1 aliphatic rings. The number of benzene rings is 1. The van der Waals surface area contributed by atoms with Gasteiger partial charge in [-0.3, -0.25) is 14.3 Å². The first-order valence-corrected chi connectivity index (χ1v) is 9.87. The van der Waals surface area contributed by atoms with E-state index in [-0.39, 0.29) is 17.9 Å². The molecule has 1 saturated heterocycles. The van der Waals surface area contributed by atoms with Crippen LogP contribution >= 0.6 is 0 Å². The third-order valence-corrected chi connectivity index (χ3v) is 5.11. The molecule has 0 radical (unpaired) electrons. The Morgan fingerprint density at radius 2 is 1.89 bits per heavy atom. The van der Waals surface area contributed by atoms with Crippen LogP contribution in [-0.2, 0) is 22.7 Å². The quantitative estimate of drug-likeness (QED) is 0.799. The number of likely N-dealkylation sites (N-methyl/N-ethyl adjacent to an activating group) is 1. The van der Waals surface area contributed by atoms with Crippen LogP contribution in [0.2, 0.25) is 0 Å². The van der Waals surface area contributed by atoms with Crippen LogP contribution in [0.15, 0.2) is 42.7 Å². The SMILES string of the molecule is CN(Cc1cnn(Cc2ccccc2)c1)C(=O)C1CCCN1C(=O)C(C)(C)C. The Labute approximate surface area is 167 Å². The maximum absolute atomic E-state index is 13.0. The predicted octanol–water partition coefficient (Wildman–Crippen LogP) is 2.93. The lowest BCUT2D eigenvalue weighted by atomic mass is 9.94. The van der Waals surface area contributed by atoms with Crippen molar-refractivity contribution in [3.63, 3.8) is 0 Å². The summed E-state index contributed by atoms with van der Waals surface area (Å²) in [6.07, 6.45) is 5.39. The van der Waals surface area contributed by atoms with E-state index in [4.69, 9.17) is 0 Å².